The Morgan fingerprint density at radius 3 is 2.19 bits per heavy atom. The number of amides is 2. The Bertz CT molecular complexity index is 425. The van der Waals surface area contributed by atoms with Gasteiger partial charge in [0, 0.05) is 12.8 Å². The molecule has 16 heavy (non-hydrogen) atoms. The van der Waals surface area contributed by atoms with E-state index >= 15 is 0 Å². The summed E-state index contributed by atoms with van der Waals surface area (Å²) in [7, 11) is 0. The normalized spacial score (nSPS) is 15.4. The third-order valence-corrected chi connectivity index (χ3v) is 2.19. The molecule has 1 saturated heterocycles. The van der Waals surface area contributed by atoms with Crippen LogP contribution in [0.25, 0.3) is 0 Å². The van der Waals surface area contributed by atoms with E-state index < -0.39 is 17.8 Å². The second kappa shape index (κ2) is 4.14. The van der Waals surface area contributed by atoms with Gasteiger partial charge in [-0.15, -0.1) is 5.06 Å². The highest BCUT2D eigenvalue weighted by molar-refractivity contribution is 6.02. The number of carbonyl (C=O) groups is 3. The van der Waals surface area contributed by atoms with E-state index in [0.717, 1.165) is 0 Å². The molecule has 0 spiro atoms. The van der Waals surface area contributed by atoms with Gasteiger partial charge in [0.2, 0.25) is 0 Å². The zero-order chi connectivity index (χ0) is 11.5. The average Bonchev–Trinajstić information content (AvgIpc) is 2.62. The number of carbonyl (C=O) groups excluding carboxylic acids is 3. The number of rotatable bonds is 2. The quantitative estimate of drug-likeness (QED) is 0.701. The van der Waals surface area contributed by atoms with Crippen molar-refractivity contribution in [1.82, 2.24) is 5.06 Å². The number of benzene rings is 1. The molecule has 0 aromatic heterocycles. The van der Waals surface area contributed by atoms with Crippen LogP contribution in [0, 0.1) is 0 Å². The Balaban J connectivity index is 2.08. The van der Waals surface area contributed by atoms with Crippen LogP contribution in [0.3, 0.4) is 0 Å². The van der Waals surface area contributed by atoms with Crippen molar-refractivity contribution in [2.24, 2.45) is 0 Å². The largest absolute Gasteiger partial charge is 0.363 e. The van der Waals surface area contributed by atoms with Crippen molar-refractivity contribution in [3.05, 3.63) is 35.9 Å². The fourth-order valence-corrected chi connectivity index (χ4v) is 1.37. The lowest BCUT2D eigenvalue weighted by atomic mass is 10.4. The molecule has 1 fully saturated rings. The molecule has 0 atom stereocenters. The average molecular weight is 225 g/mol. The van der Waals surface area contributed by atoms with Crippen molar-refractivity contribution in [1.29, 1.82) is 0 Å². The molecule has 1 aliphatic rings. The van der Waals surface area contributed by atoms with E-state index in [1.54, 1.807) is 30.3 Å². The smallest absolute Gasteiger partial charge is 0.325 e. The molecule has 1 heterocycles. The highest BCUT2D eigenvalue weighted by atomic mass is 16.7. The van der Waals surface area contributed by atoms with Crippen molar-refractivity contribution in [3.8, 4) is 0 Å². The molecule has 1 aliphatic heterocycles. The van der Waals surface area contributed by atoms with Crippen LogP contribution >= 0.6 is 0 Å². The summed E-state index contributed by atoms with van der Waals surface area (Å²) >= 11 is 0. The second-order valence-electron chi connectivity index (χ2n) is 3.33. The molecule has 1 aromatic rings. The van der Waals surface area contributed by atoms with E-state index in [1.165, 1.54) is 0 Å². The maximum absolute atomic E-state index is 11.5. The first-order valence-electron chi connectivity index (χ1n) is 4.81. The predicted molar refractivity (Wildman–Crippen MR) is 52.9 cm³/mol. The molecular formula is C11H9NO4. The summed E-state index contributed by atoms with van der Waals surface area (Å²) in [4.78, 5) is 38.6. The van der Waals surface area contributed by atoms with Crippen LogP contribution in [0.5, 0.6) is 0 Å². The fraction of sp³-hybridized carbons (Fsp3) is 0.182. The van der Waals surface area contributed by atoms with E-state index in [9.17, 15) is 14.4 Å². The van der Waals surface area contributed by atoms with Crippen LogP contribution in [0.1, 0.15) is 23.2 Å². The minimum Gasteiger partial charge on any atom is -0.325 e. The van der Waals surface area contributed by atoms with Gasteiger partial charge in [0.1, 0.15) is 0 Å². The minimum atomic E-state index is -0.704. The van der Waals surface area contributed by atoms with Gasteiger partial charge in [-0.3, -0.25) is 9.59 Å². The number of nitrogens with zero attached hydrogens (tertiary/aromatic N) is 1. The number of hydrogen-bond acceptors (Lipinski definition) is 4. The van der Waals surface area contributed by atoms with E-state index in [-0.39, 0.29) is 12.8 Å². The van der Waals surface area contributed by atoms with Crippen LogP contribution in [0.15, 0.2) is 30.3 Å². The zero-order valence-corrected chi connectivity index (χ0v) is 8.38. The molecule has 0 aliphatic carbocycles. The van der Waals surface area contributed by atoms with Crippen molar-refractivity contribution in [2.45, 2.75) is 12.8 Å². The lowest BCUT2D eigenvalue weighted by molar-refractivity contribution is -0.172. The Morgan fingerprint density at radius 1 is 1.06 bits per heavy atom. The first-order valence-corrected chi connectivity index (χ1v) is 4.81. The standard InChI is InChI=1S/C11H9NO4/c13-9-6-7-10(14)12(9)16-11(15)8-4-2-1-3-5-8/h1-5H,6-7H2/i1+1,2+1,3+1,4+1,5+1,8+1. The SMILES string of the molecule is O=C(ON1C(=O)CCC1=O)[13c]1[13cH][13cH][13cH][13cH][13cH]1. The van der Waals surface area contributed by atoms with E-state index in [2.05, 4.69) is 0 Å². The van der Waals surface area contributed by atoms with E-state index in [4.69, 9.17) is 4.84 Å². The zero-order valence-electron chi connectivity index (χ0n) is 8.38. The Labute approximate surface area is 91.6 Å². The van der Waals surface area contributed by atoms with E-state index in [0.29, 0.717) is 10.6 Å². The summed E-state index contributed by atoms with van der Waals surface area (Å²) < 4.78 is 0. The molecule has 5 heteroatoms. The minimum absolute atomic E-state index is 0.0981. The van der Waals surface area contributed by atoms with Crippen LogP contribution in [0.4, 0.5) is 0 Å². The van der Waals surface area contributed by atoms with Crippen molar-refractivity contribution >= 4 is 17.8 Å². The van der Waals surface area contributed by atoms with Gasteiger partial charge >= 0.3 is 5.97 Å². The van der Waals surface area contributed by atoms with Gasteiger partial charge in [0.25, 0.3) is 11.8 Å². The molecule has 2 amide bonds. The van der Waals surface area contributed by atoms with Crippen LogP contribution in [-0.2, 0) is 14.4 Å². The highest BCUT2D eigenvalue weighted by Gasteiger charge is 2.32. The van der Waals surface area contributed by atoms with Crippen molar-refractivity contribution < 1.29 is 19.2 Å². The predicted octanol–water partition coefficient (Wildman–Crippen LogP) is 0.907. The molecule has 2 rings (SSSR count). The second-order valence-corrected chi connectivity index (χ2v) is 3.33. The topological polar surface area (TPSA) is 63.7 Å². The summed E-state index contributed by atoms with van der Waals surface area (Å²) in [5.41, 5.74) is 0.301. The van der Waals surface area contributed by atoms with Gasteiger partial charge < -0.3 is 4.84 Å². The summed E-state index contributed by atoms with van der Waals surface area (Å²) in [6.45, 7) is 0. The third-order valence-electron chi connectivity index (χ3n) is 2.19. The number of imide groups is 1. The van der Waals surface area contributed by atoms with Gasteiger partial charge in [-0.2, -0.15) is 0 Å². The van der Waals surface area contributed by atoms with Crippen molar-refractivity contribution in [2.75, 3.05) is 0 Å². The lowest BCUT2D eigenvalue weighted by Gasteiger charge is -2.12. The van der Waals surface area contributed by atoms with Crippen LogP contribution < -0.4 is 0 Å². The molecule has 82 valence electrons. The molecule has 0 saturated carbocycles. The molecular weight excluding hydrogens is 216 g/mol. The maximum atomic E-state index is 11.5. The van der Waals surface area contributed by atoms with Crippen LogP contribution in [0.2, 0.25) is 0 Å². The van der Waals surface area contributed by atoms with E-state index in [1.807, 2.05) is 0 Å². The first kappa shape index (κ1) is 10.4. The molecule has 1 aromatic carbocycles. The number of hydrogen-bond donors (Lipinski definition) is 0. The van der Waals surface area contributed by atoms with Gasteiger partial charge in [0.15, 0.2) is 0 Å². The Hall–Kier alpha value is -2.17. The summed E-state index contributed by atoms with van der Waals surface area (Å²) in [5.74, 6) is -1.66. The van der Waals surface area contributed by atoms with Gasteiger partial charge in [-0.05, 0) is 12.1 Å². The maximum Gasteiger partial charge on any atom is 0.363 e. The lowest BCUT2D eigenvalue weighted by Crippen LogP contribution is -2.32. The monoisotopic (exact) mass is 225 g/mol. The Kier molecular flexibility index (Phi) is 2.68. The van der Waals surface area contributed by atoms with Crippen molar-refractivity contribution in [3.63, 3.8) is 0 Å². The van der Waals surface area contributed by atoms with Crippen LogP contribution in [-0.4, -0.2) is 22.8 Å². The molecule has 5 nitrogen and oxygen atoms in total. The Morgan fingerprint density at radius 2 is 1.62 bits per heavy atom. The number of hydroxylamine groups is 2. The fourth-order valence-electron chi connectivity index (χ4n) is 1.37. The molecule has 0 N–H and O–H groups in total. The van der Waals surface area contributed by atoms with Gasteiger partial charge in [-0.25, -0.2) is 4.79 Å². The highest BCUT2D eigenvalue weighted by Crippen LogP contribution is 2.13. The summed E-state index contributed by atoms with van der Waals surface area (Å²) in [6.07, 6.45) is 0.196. The molecule has 0 unspecified atom stereocenters. The third kappa shape index (κ3) is 1.93. The van der Waals surface area contributed by atoms with Gasteiger partial charge in [-0.1, -0.05) is 18.2 Å². The molecule has 0 radical (unpaired) electrons. The van der Waals surface area contributed by atoms with Gasteiger partial charge in [0.05, 0.1) is 5.56 Å². The first-order chi connectivity index (χ1) is 7.68. The summed E-state index contributed by atoms with van der Waals surface area (Å²) in [6, 6.07) is 8.19. The summed E-state index contributed by atoms with van der Waals surface area (Å²) in [5, 5.41) is 0.537. The molecule has 0 bridgehead atoms.